The van der Waals surface area contributed by atoms with Gasteiger partial charge in [-0.05, 0) is 116 Å². The molecule has 0 N–H and O–H groups in total. The second-order valence-corrected chi connectivity index (χ2v) is 20.9. The summed E-state index contributed by atoms with van der Waals surface area (Å²) >= 11 is 0. The molecular weight excluding hydrogens is 949 g/mol. The summed E-state index contributed by atoms with van der Waals surface area (Å²) in [6.45, 7) is 6.47. The van der Waals surface area contributed by atoms with Crippen LogP contribution in [0.15, 0.2) is 122 Å². The summed E-state index contributed by atoms with van der Waals surface area (Å²) in [5.74, 6) is -0.940. The van der Waals surface area contributed by atoms with Crippen LogP contribution in [0.3, 0.4) is 0 Å². The average molecular weight is 1070 g/mol. The van der Waals surface area contributed by atoms with Crippen molar-refractivity contribution in [2.45, 2.75) is 297 Å². The van der Waals surface area contributed by atoms with Crippen LogP contribution in [-0.4, -0.2) is 37.2 Å². The molecule has 438 valence electrons. The van der Waals surface area contributed by atoms with E-state index in [1.807, 2.05) is 0 Å². The number of esters is 3. The summed E-state index contributed by atoms with van der Waals surface area (Å²) in [6.07, 6.45) is 89.3. The molecule has 77 heavy (non-hydrogen) atoms. The second kappa shape index (κ2) is 64.3. The summed E-state index contributed by atoms with van der Waals surface area (Å²) in [5, 5.41) is 0. The first-order chi connectivity index (χ1) is 38.0. The molecule has 0 aromatic heterocycles. The lowest BCUT2D eigenvalue weighted by Crippen LogP contribution is -2.30. The van der Waals surface area contributed by atoms with Crippen LogP contribution in [-0.2, 0) is 28.6 Å². The van der Waals surface area contributed by atoms with Crippen LogP contribution in [0.2, 0.25) is 0 Å². The smallest absolute Gasteiger partial charge is 0.306 e. The van der Waals surface area contributed by atoms with E-state index in [9.17, 15) is 14.4 Å². The third kappa shape index (κ3) is 62.5. The molecule has 0 spiro atoms. The highest BCUT2D eigenvalue weighted by Gasteiger charge is 2.19. The Bertz CT molecular complexity index is 1600. The third-order valence-corrected chi connectivity index (χ3v) is 13.5. The highest BCUT2D eigenvalue weighted by molar-refractivity contribution is 5.71. The molecule has 0 heterocycles. The Labute approximate surface area is 475 Å². The largest absolute Gasteiger partial charge is 0.462 e. The van der Waals surface area contributed by atoms with Gasteiger partial charge in [-0.15, -0.1) is 0 Å². The summed E-state index contributed by atoms with van der Waals surface area (Å²) in [5.41, 5.74) is 0. The van der Waals surface area contributed by atoms with Gasteiger partial charge in [-0.1, -0.05) is 277 Å². The van der Waals surface area contributed by atoms with E-state index in [0.717, 1.165) is 116 Å². The summed E-state index contributed by atoms with van der Waals surface area (Å²) < 4.78 is 16.8. The molecule has 0 saturated carbocycles. The first kappa shape index (κ1) is 72.8. The number of carbonyl (C=O) groups is 3. The van der Waals surface area contributed by atoms with Crippen LogP contribution in [0.5, 0.6) is 0 Å². The molecule has 0 aliphatic carbocycles. The zero-order chi connectivity index (χ0) is 55.7. The van der Waals surface area contributed by atoms with E-state index in [-0.39, 0.29) is 31.1 Å². The van der Waals surface area contributed by atoms with Crippen molar-refractivity contribution < 1.29 is 28.6 Å². The SMILES string of the molecule is CC/C=C\C/C=C\C/C=C\C/C=C\C/C=C\C/C=C\C/C=C\C/C=C\CCCCC(=O)OCC(COC(=O)CCCCCCCCCCC)OC(=O)CCCCCCCCCCCCC/C=C\C/C=C\CCCCCCC. The highest BCUT2D eigenvalue weighted by Crippen LogP contribution is 2.15. The Morgan fingerprint density at radius 2 is 0.506 bits per heavy atom. The molecule has 1 atom stereocenters. The quantitative estimate of drug-likeness (QED) is 0.0261. The van der Waals surface area contributed by atoms with E-state index in [1.54, 1.807) is 0 Å². The minimum Gasteiger partial charge on any atom is -0.462 e. The van der Waals surface area contributed by atoms with Gasteiger partial charge >= 0.3 is 17.9 Å². The van der Waals surface area contributed by atoms with Gasteiger partial charge in [0.1, 0.15) is 13.2 Å². The molecular formula is C71H118O6. The minimum atomic E-state index is -0.799. The number of unbranched alkanes of at least 4 members (excludes halogenated alkanes) is 26. The topological polar surface area (TPSA) is 78.9 Å². The van der Waals surface area contributed by atoms with E-state index < -0.39 is 6.10 Å². The third-order valence-electron chi connectivity index (χ3n) is 13.5. The molecule has 0 fully saturated rings. The molecule has 0 aromatic carbocycles. The maximum atomic E-state index is 12.9. The monoisotopic (exact) mass is 1070 g/mol. The minimum absolute atomic E-state index is 0.0931. The fourth-order valence-corrected chi connectivity index (χ4v) is 8.67. The zero-order valence-electron chi connectivity index (χ0n) is 50.2. The Balaban J connectivity index is 4.33. The van der Waals surface area contributed by atoms with Crippen molar-refractivity contribution in [3.05, 3.63) is 122 Å². The van der Waals surface area contributed by atoms with Crippen LogP contribution >= 0.6 is 0 Å². The summed E-state index contributed by atoms with van der Waals surface area (Å²) in [7, 11) is 0. The molecule has 1 unspecified atom stereocenters. The summed E-state index contributed by atoms with van der Waals surface area (Å²) in [6, 6.07) is 0. The van der Waals surface area contributed by atoms with E-state index >= 15 is 0 Å². The molecule has 0 rings (SSSR count). The molecule has 0 amide bonds. The van der Waals surface area contributed by atoms with Gasteiger partial charge < -0.3 is 14.2 Å². The lowest BCUT2D eigenvalue weighted by molar-refractivity contribution is -0.167. The molecule has 0 aliphatic heterocycles. The molecule has 0 bridgehead atoms. The molecule has 0 radical (unpaired) electrons. The predicted octanol–water partition coefficient (Wildman–Crippen LogP) is 22.0. The molecule has 0 aromatic rings. The lowest BCUT2D eigenvalue weighted by atomic mass is 10.0. The van der Waals surface area contributed by atoms with Crippen molar-refractivity contribution in [1.29, 1.82) is 0 Å². The summed E-state index contributed by atoms with van der Waals surface area (Å²) in [4.78, 5) is 38.2. The first-order valence-electron chi connectivity index (χ1n) is 32.0. The van der Waals surface area contributed by atoms with Crippen molar-refractivity contribution in [2.75, 3.05) is 13.2 Å². The normalized spacial score (nSPS) is 12.9. The maximum absolute atomic E-state index is 12.9. The number of hydrogen-bond donors (Lipinski definition) is 0. The van der Waals surface area contributed by atoms with Crippen molar-refractivity contribution in [1.82, 2.24) is 0 Å². The van der Waals surface area contributed by atoms with Gasteiger partial charge in [-0.2, -0.15) is 0 Å². The Morgan fingerprint density at radius 3 is 0.818 bits per heavy atom. The van der Waals surface area contributed by atoms with Gasteiger partial charge in [-0.25, -0.2) is 0 Å². The fraction of sp³-hybridized carbons (Fsp3) is 0.676. The van der Waals surface area contributed by atoms with E-state index in [0.29, 0.717) is 19.3 Å². The molecule has 6 nitrogen and oxygen atoms in total. The van der Waals surface area contributed by atoms with E-state index in [4.69, 9.17) is 14.2 Å². The Hall–Kier alpha value is -4.19. The number of allylic oxidation sites excluding steroid dienone is 20. The van der Waals surface area contributed by atoms with Gasteiger partial charge in [0.05, 0.1) is 0 Å². The van der Waals surface area contributed by atoms with Crippen molar-refractivity contribution in [3.8, 4) is 0 Å². The van der Waals surface area contributed by atoms with Gasteiger partial charge in [0.25, 0.3) is 0 Å². The average Bonchev–Trinajstić information content (AvgIpc) is 3.43. The second-order valence-electron chi connectivity index (χ2n) is 20.9. The van der Waals surface area contributed by atoms with Crippen molar-refractivity contribution in [3.63, 3.8) is 0 Å². The van der Waals surface area contributed by atoms with Crippen molar-refractivity contribution in [2.24, 2.45) is 0 Å². The van der Waals surface area contributed by atoms with Gasteiger partial charge in [0.2, 0.25) is 0 Å². The van der Waals surface area contributed by atoms with Crippen LogP contribution in [0.1, 0.15) is 290 Å². The van der Waals surface area contributed by atoms with Crippen LogP contribution in [0.4, 0.5) is 0 Å². The van der Waals surface area contributed by atoms with E-state index in [1.165, 1.54) is 135 Å². The number of hydrogen-bond acceptors (Lipinski definition) is 6. The van der Waals surface area contributed by atoms with Crippen molar-refractivity contribution >= 4 is 17.9 Å². The zero-order valence-corrected chi connectivity index (χ0v) is 50.2. The lowest BCUT2D eigenvalue weighted by Gasteiger charge is -2.18. The first-order valence-corrected chi connectivity index (χ1v) is 32.0. The molecule has 0 aliphatic rings. The Morgan fingerprint density at radius 1 is 0.273 bits per heavy atom. The number of ether oxygens (including phenoxy) is 3. The van der Waals surface area contributed by atoms with Crippen LogP contribution in [0, 0.1) is 0 Å². The van der Waals surface area contributed by atoms with Gasteiger partial charge in [0.15, 0.2) is 6.10 Å². The van der Waals surface area contributed by atoms with Gasteiger partial charge in [-0.3, -0.25) is 14.4 Å². The van der Waals surface area contributed by atoms with E-state index in [2.05, 4.69) is 142 Å². The number of rotatable bonds is 57. The molecule has 0 saturated heterocycles. The van der Waals surface area contributed by atoms with Crippen LogP contribution in [0.25, 0.3) is 0 Å². The standard InChI is InChI=1S/C71H118O6/c1-4-7-10-13-16-19-21-23-25-27-29-31-33-34-35-36-38-39-41-43-45-47-49-52-55-58-61-64-70(73)76-67-68(66-75-69(72)63-60-57-54-51-18-15-12-9-6-3)77-71(74)65-62-59-56-53-50-48-46-44-42-40-37-32-30-28-26-24-22-20-17-14-11-8-5-2/h7,10,16,19,22-25,28-31,34-35,38-39,43,45,49,52,68H,4-6,8-9,11-15,17-18,20-21,26-27,32-33,36-37,40-42,44,46-48,50-51,53-67H2,1-3H3/b10-7-,19-16-,24-22-,25-23-,30-28-,31-29-,35-34-,39-38-,45-43-,52-49-. The number of carbonyl (C=O) groups excluding carboxylic acids is 3. The predicted molar refractivity (Wildman–Crippen MR) is 334 cm³/mol. The van der Waals surface area contributed by atoms with Crippen LogP contribution < -0.4 is 0 Å². The Kier molecular flexibility index (Phi) is 60.8. The highest BCUT2D eigenvalue weighted by atomic mass is 16.6. The fourth-order valence-electron chi connectivity index (χ4n) is 8.67. The van der Waals surface area contributed by atoms with Gasteiger partial charge in [0, 0.05) is 19.3 Å². The molecule has 6 heteroatoms. The maximum Gasteiger partial charge on any atom is 0.306 e.